The lowest BCUT2D eigenvalue weighted by molar-refractivity contribution is 0.467. The Morgan fingerprint density at radius 2 is 0.672 bits per heavy atom. The SMILES string of the molecule is CCCCC(CC)C[Si](C)(CC(CC)CCCC)c1ccc(-c2cc(CBr)c(-c3ccc([Si](C)(CC(CC)CCCC)CC(CC)CCCC)cc3)cc2CBr)cc1. The van der Waals surface area contributed by atoms with Crippen LogP contribution < -0.4 is 10.4 Å². The molecule has 0 aliphatic heterocycles. The Labute approximate surface area is 379 Å². The van der Waals surface area contributed by atoms with Gasteiger partial charge in [-0.15, -0.1) is 0 Å². The molecule has 0 bridgehead atoms. The van der Waals surface area contributed by atoms with Crippen LogP contribution in [-0.2, 0) is 10.7 Å². The van der Waals surface area contributed by atoms with Gasteiger partial charge in [0, 0.05) is 10.7 Å². The van der Waals surface area contributed by atoms with E-state index in [1.54, 1.807) is 10.4 Å². The summed E-state index contributed by atoms with van der Waals surface area (Å²) in [7, 11) is -3.36. The van der Waals surface area contributed by atoms with Gasteiger partial charge in [-0.25, -0.2) is 0 Å². The van der Waals surface area contributed by atoms with Crippen molar-refractivity contribution in [3.8, 4) is 22.3 Å². The largest absolute Gasteiger partial charge is 0.0876 e. The second-order valence-electron chi connectivity index (χ2n) is 19.2. The summed E-state index contributed by atoms with van der Waals surface area (Å²) in [5.41, 5.74) is 8.24. The lowest BCUT2D eigenvalue weighted by atomic mass is 9.92. The van der Waals surface area contributed by atoms with Crippen LogP contribution in [0.5, 0.6) is 0 Å². The molecule has 0 heterocycles. The number of hydrogen-bond acceptors (Lipinski definition) is 0. The van der Waals surface area contributed by atoms with Gasteiger partial charge < -0.3 is 0 Å². The van der Waals surface area contributed by atoms with E-state index in [0.717, 1.165) is 34.3 Å². The first-order chi connectivity index (χ1) is 28.0. The molecule has 0 saturated carbocycles. The fraction of sp³-hybridized carbons (Fsp3) is 0.667. The predicted molar refractivity (Wildman–Crippen MR) is 278 cm³/mol. The highest BCUT2D eigenvalue weighted by Gasteiger charge is 2.36. The van der Waals surface area contributed by atoms with Gasteiger partial charge >= 0.3 is 0 Å². The second kappa shape index (κ2) is 27.2. The van der Waals surface area contributed by atoms with Gasteiger partial charge in [-0.3, -0.25) is 0 Å². The van der Waals surface area contributed by atoms with Crippen molar-refractivity contribution in [1.82, 2.24) is 0 Å². The van der Waals surface area contributed by atoms with Crippen LogP contribution >= 0.6 is 31.9 Å². The Kier molecular flexibility index (Phi) is 24.1. The smallest absolute Gasteiger partial charge is 0.0842 e. The molecular weight excluding hydrogens is 865 g/mol. The molecule has 0 fully saturated rings. The summed E-state index contributed by atoms with van der Waals surface area (Å²) in [6.45, 7) is 24.7. The highest BCUT2D eigenvalue weighted by molar-refractivity contribution is 9.08. The molecule has 3 aromatic rings. The Hall–Kier alpha value is -0.946. The summed E-state index contributed by atoms with van der Waals surface area (Å²) in [6.07, 6.45) is 21.6. The Balaban J connectivity index is 2.01. The maximum Gasteiger partial charge on any atom is 0.0842 e. The van der Waals surface area contributed by atoms with Crippen LogP contribution in [0.15, 0.2) is 60.7 Å². The van der Waals surface area contributed by atoms with Crippen molar-refractivity contribution in [2.75, 3.05) is 0 Å². The molecule has 0 aliphatic rings. The van der Waals surface area contributed by atoms with Crippen molar-refractivity contribution in [3.63, 3.8) is 0 Å². The lowest BCUT2D eigenvalue weighted by Crippen LogP contribution is -2.47. The Bertz CT molecular complexity index is 1390. The third kappa shape index (κ3) is 15.1. The van der Waals surface area contributed by atoms with Crippen molar-refractivity contribution in [1.29, 1.82) is 0 Å². The zero-order chi connectivity index (χ0) is 42.6. The molecule has 0 spiro atoms. The fourth-order valence-corrected chi connectivity index (χ4v) is 21.7. The third-order valence-electron chi connectivity index (χ3n) is 14.5. The third-order valence-corrected chi connectivity index (χ3v) is 25.1. The first-order valence-electron chi connectivity index (χ1n) is 24.5. The molecule has 326 valence electrons. The van der Waals surface area contributed by atoms with Crippen molar-refractivity contribution >= 4 is 58.4 Å². The fourth-order valence-electron chi connectivity index (χ4n) is 10.5. The zero-order valence-corrected chi connectivity index (χ0v) is 44.6. The number of halogens is 2. The molecule has 0 aliphatic carbocycles. The van der Waals surface area contributed by atoms with Crippen molar-refractivity contribution < 1.29 is 0 Å². The summed E-state index contributed by atoms with van der Waals surface area (Å²) >= 11 is 7.90. The van der Waals surface area contributed by atoms with Gasteiger partial charge in [0.2, 0.25) is 0 Å². The van der Waals surface area contributed by atoms with E-state index in [2.05, 4.69) is 161 Å². The van der Waals surface area contributed by atoms with Gasteiger partial charge in [0.15, 0.2) is 0 Å². The van der Waals surface area contributed by atoms with Crippen LogP contribution in [0.25, 0.3) is 22.3 Å². The van der Waals surface area contributed by atoms with Gasteiger partial charge in [0.25, 0.3) is 0 Å². The number of rotatable bonds is 30. The Morgan fingerprint density at radius 1 is 0.414 bits per heavy atom. The van der Waals surface area contributed by atoms with Crippen LogP contribution in [0.2, 0.25) is 37.3 Å². The molecule has 58 heavy (non-hydrogen) atoms. The van der Waals surface area contributed by atoms with Crippen molar-refractivity contribution in [2.24, 2.45) is 23.7 Å². The lowest BCUT2D eigenvalue weighted by Gasteiger charge is -2.35. The topological polar surface area (TPSA) is 0 Å². The summed E-state index contributed by atoms with van der Waals surface area (Å²) in [5, 5.41) is 5.07. The van der Waals surface area contributed by atoms with Crippen LogP contribution in [0.4, 0.5) is 0 Å². The van der Waals surface area contributed by atoms with Gasteiger partial charge in [0.1, 0.15) is 0 Å². The van der Waals surface area contributed by atoms with E-state index in [0.29, 0.717) is 0 Å². The molecule has 0 saturated heterocycles. The quantitative estimate of drug-likeness (QED) is 0.0461. The molecule has 3 aromatic carbocycles. The first-order valence-corrected chi connectivity index (χ1v) is 32.6. The summed E-state index contributed by atoms with van der Waals surface area (Å²) < 4.78 is 0. The molecule has 0 aromatic heterocycles. The summed E-state index contributed by atoms with van der Waals surface area (Å²) in [6, 6.07) is 30.9. The predicted octanol–water partition coefficient (Wildman–Crippen LogP) is 18.2. The van der Waals surface area contributed by atoms with Gasteiger partial charge in [-0.1, -0.05) is 286 Å². The summed E-state index contributed by atoms with van der Waals surface area (Å²) in [4.78, 5) is 0. The molecule has 0 amide bonds. The minimum Gasteiger partial charge on any atom is -0.0876 e. The average Bonchev–Trinajstić information content (AvgIpc) is 3.26. The average molecular weight is 953 g/mol. The molecule has 4 unspecified atom stereocenters. The van der Waals surface area contributed by atoms with E-state index in [4.69, 9.17) is 0 Å². The molecule has 0 radical (unpaired) electrons. The zero-order valence-electron chi connectivity index (χ0n) is 39.4. The van der Waals surface area contributed by atoms with E-state index in [1.807, 2.05) is 0 Å². The van der Waals surface area contributed by atoms with Gasteiger partial charge in [-0.2, -0.15) is 0 Å². The van der Waals surface area contributed by atoms with Crippen LogP contribution in [-0.4, -0.2) is 16.1 Å². The molecule has 0 N–H and O–H groups in total. The minimum atomic E-state index is -1.68. The normalized spacial score (nSPS) is 16.1. The number of alkyl halides is 2. The number of unbranched alkanes of at least 4 members (excludes halogenated alkanes) is 4. The van der Waals surface area contributed by atoms with E-state index in [1.165, 1.54) is 160 Å². The van der Waals surface area contributed by atoms with Crippen molar-refractivity contribution in [3.05, 3.63) is 71.8 Å². The maximum atomic E-state index is 3.95. The number of benzene rings is 3. The molecule has 4 heteroatoms. The molecule has 3 rings (SSSR count). The Morgan fingerprint density at radius 3 is 0.879 bits per heavy atom. The van der Waals surface area contributed by atoms with Crippen LogP contribution in [0.3, 0.4) is 0 Å². The highest BCUT2D eigenvalue weighted by Crippen LogP contribution is 2.38. The van der Waals surface area contributed by atoms with Crippen molar-refractivity contribution in [2.45, 2.75) is 206 Å². The molecule has 0 nitrogen and oxygen atoms in total. The first kappa shape index (κ1) is 51.4. The van der Waals surface area contributed by atoms with E-state index in [-0.39, 0.29) is 0 Å². The molecule has 4 atom stereocenters. The van der Waals surface area contributed by atoms with Gasteiger partial charge in [-0.05, 0) is 69.2 Å². The van der Waals surface area contributed by atoms with Crippen LogP contribution in [0.1, 0.15) is 169 Å². The highest BCUT2D eigenvalue weighted by atomic mass is 79.9. The second-order valence-corrected chi connectivity index (χ2v) is 29.3. The standard InChI is InChI=1S/C54H88Br2Si2/c1-11-19-23-43(15-5)39-57(9,40-44(16-6)24-20-12-2)51-31-27-47(28-32-51)53-35-50(38-56)54(36-49(53)37-55)48-29-33-52(34-30-48)58(10,41-45(17-7)25-21-13-3)42-46(18-8)26-22-14-4/h27-36,43-46H,11-26,37-42H2,1-10H3. The maximum absolute atomic E-state index is 3.95. The molecular formula is C54H88Br2Si2. The minimum absolute atomic E-state index is 0.854. The van der Waals surface area contributed by atoms with Gasteiger partial charge in [0.05, 0.1) is 16.1 Å². The van der Waals surface area contributed by atoms with Crippen LogP contribution in [0, 0.1) is 23.7 Å². The summed E-state index contributed by atoms with van der Waals surface area (Å²) in [5.74, 6) is 3.43. The van der Waals surface area contributed by atoms with E-state index in [9.17, 15) is 0 Å². The monoisotopic (exact) mass is 950 g/mol. The number of hydrogen-bond donors (Lipinski definition) is 0. The van der Waals surface area contributed by atoms with E-state index < -0.39 is 16.1 Å². The van der Waals surface area contributed by atoms with E-state index >= 15 is 0 Å².